The van der Waals surface area contributed by atoms with Crippen molar-refractivity contribution >= 4 is 11.6 Å². The van der Waals surface area contributed by atoms with Gasteiger partial charge in [-0.05, 0) is 38.4 Å². The molecule has 0 spiro atoms. The minimum absolute atomic E-state index is 0.256. The molecule has 16 heavy (non-hydrogen) atoms. The first-order valence-corrected chi connectivity index (χ1v) is 5.50. The summed E-state index contributed by atoms with van der Waals surface area (Å²) in [6, 6.07) is 2.17. The first kappa shape index (κ1) is 11.1. The first-order valence-electron chi connectivity index (χ1n) is 5.12. The van der Waals surface area contributed by atoms with Gasteiger partial charge in [0.05, 0.1) is 17.6 Å². The van der Waals surface area contributed by atoms with E-state index in [4.69, 9.17) is 11.6 Å². The van der Waals surface area contributed by atoms with Gasteiger partial charge in [0.15, 0.2) is 0 Å². The van der Waals surface area contributed by atoms with Gasteiger partial charge in [0.1, 0.15) is 5.82 Å². The third-order valence-corrected chi connectivity index (χ3v) is 2.57. The van der Waals surface area contributed by atoms with Crippen molar-refractivity contribution in [3.63, 3.8) is 0 Å². The van der Waals surface area contributed by atoms with Crippen LogP contribution in [0.25, 0.3) is 11.4 Å². The van der Waals surface area contributed by atoms with Crippen LogP contribution in [0.15, 0.2) is 18.5 Å². The van der Waals surface area contributed by atoms with Crippen molar-refractivity contribution in [3.05, 3.63) is 29.6 Å². The van der Waals surface area contributed by atoms with Gasteiger partial charge in [-0.2, -0.15) is 0 Å². The number of imidazole rings is 1. The second kappa shape index (κ2) is 4.22. The lowest BCUT2D eigenvalue weighted by Gasteiger charge is -2.13. The van der Waals surface area contributed by atoms with Crippen molar-refractivity contribution in [3.8, 4) is 11.4 Å². The molecule has 5 heteroatoms. The van der Waals surface area contributed by atoms with Gasteiger partial charge in [0, 0.05) is 12.2 Å². The molecule has 2 heterocycles. The number of hydrogen-bond acceptors (Lipinski definition) is 3. The number of aryl methyl sites for hydroxylation is 1. The normalized spacial score (nSPS) is 11.1. The molecule has 0 aliphatic rings. The molecule has 2 aromatic rings. The van der Waals surface area contributed by atoms with Crippen molar-refractivity contribution < 1.29 is 0 Å². The van der Waals surface area contributed by atoms with E-state index in [2.05, 4.69) is 33.4 Å². The summed E-state index contributed by atoms with van der Waals surface area (Å²) >= 11 is 5.78. The predicted octanol–water partition coefficient (Wildman–Crippen LogP) is 2.88. The Morgan fingerprint density at radius 2 is 2.06 bits per heavy atom. The molecule has 4 nitrogen and oxygen atoms in total. The van der Waals surface area contributed by atoms with Crippen molar-refractivity contribution in [1.29, 1.82) is 0 Å². The maximum Gasteiger partial charge on any atom is 0.222 e. The summed E-state index contributed by atoms with van der Waals surface area (Å²) in [5.74, 6) is 0.972. The van der Waals surface area contributed by atoms with Gasteiger partial charge >= 0.3 is 0 Å². The van der Waals surface area contributed by atoms with Crippen LogP contribution in [0.4, 0.5) is 0 Å². The first-order chi connectivity index (χ1) is 7.59. The van der Waals surface area contributed by atoms with Crippen molar-refractivity contribution in [2.75, 3.05) is 0 Å². The zero-order chi connectivity index (χ0) is 11.7. The largest absolute Gasteiger partial charge is 0.324 e. The van der Waals surface area contributed by atoms with Crippen LogP contribution in [0.5, 0.6) is 0 Å². The molecule has 84 valence electrons. The summed E-state index contributed by atoms with van der Waals surface area (Å²) in [6.45, 7) is 6.20. The highest BCUT2D eigenvalue weighted by atomic mass is 35.5. The molecule has 0 aliphatic carbocycles. The van der Waals surface area contributed by atoms with Crippen molar-refractivity contribution in [2.45, 2.75) is 26.8 Å². The van der Waals surface area contributed by atoms with E-state index in [1.165, 1.54) is 0 Å². The molecule has 0 aromatic carbocycles. The third kappa shape index (κ3) is 1.93. The van der Waals surface area contributed by atoms with Crippen molar-refractivity contribution in [1.82, 2.24) is 19.5 Å². The quantitative estimate of drug-likeness (QED) is 0.753. The number of rotatable bonds is 2. The lowest BCUT2D eigenvalue weighted by atomic mass is 10.3. The molecule has 0 fully saturated rings. The smallest absolute Gasteiger partial charge is 0.222 e. The number of aromatic nitrogens is 4. The number of halogens is 1. The zero-order valence-electron chi connectivity index (χ0n) is 9.48. The fraction of sp³-hybridized carbons (Fsp3) is 0.364. The fourth-order valence-corrected chi connectivity index (χ4v) is 1.92. The minimum Gasteiger partial charge on any atom is -0.324 e. The summed E-state index contributed by atoms with van der Waals surface area (Å²) < 4.78 is 2.12. The van der Waals surface area contributed by atoms with Crippen LogP contribution in [-0.4, -0.2) is 19.5 Å². The molecule has 0 saturated carbocycles. The monoisotopic (exact) mass is 236 g/mol. The van der Waals surface area contributed by atoms with Crippen LogP contribution in [0, 0.1) is 6.92 Å². The maximum atomic E-state index is 5.78. The van der Waals surface area contributed by atoms with Crippen LogP contribution in [0.3, 0.4) is 0 Å². The summed E-state index contributed by atoms with van der Waals surface area (Å²) in [6.07, 6.45) is 3.46. The molecular weight excluding hydrogens is 224 g/mol. The van der Waals surface area contributed by atoms with E-state index < -0.39 is 0 Å². The molecule has 2 aromatic heterocycles. The van der Waals surface area contributed by atoms with E-state index >= 15 is 0 Å². The summed E-state index contributed by atoms with van der Waals surface area (Å²) in [7, 11) is 0. The van der Waals surface area contributed by atoms with E-state index in [1.807, 2.05) is 19.2 Å². The average Bonchev–Trinajstić information content (AvgIpc) is 2.60. The highest BCUT2D eigenvalue weighted by Gasteiger charge is 2.12. The van der Waals surface area contributed by atoms with Crippen molar-refractivity contribution in [2.24, 2.45) is 0 Å². The van der Waals surface area contributed by atoms with Crippen LogP contribution in [0.2, 0.25) is 5.28 Å². The second-order valence-corrected chi connectivity index (χ2v) is 4.20. The zero-order valence-corrected chi connectivity index (χ0v) is 10.2. The topological polar surface area (TPSA) is 43.6 Å². The van der Waals surface area contributed by atoms with E-state index in [9.17, 15) is 0 Å². The Hall–Kier alpha value is -1.42. The Morgan fingerprint density at radius 1 is 1.31 bits per heavy atom. The van der Waals surface area contributed by atoms with Crippen LogP contribution in [0.1, 0.15) is 25.7 Å². The molecule has 2 rings (SSSR count). The third-order valence-electron chi connectivity index (χ3n) is 2.39. The molecule has 0 radical (unpaired) electrons. The van der Waals surface area contributed by atoms with Gasteiger partial charge in [0.25, 0.3) is 0 Å². The second-order valence-electron chi connectivity index (χ2n) is 3.87. The molecular formula is C11H13ClN4. The van der Waals surface area contributed by atoms with Gasteiger partial charge in [-0.15, -0.1) is 0 Å². The Bertz CT molecular complexity index is 504. The average molecular weight is 237 g/mol. The van der Waals surface area contributed by atoms with Crippen LogP contribution < -0.4 is 0 Å². The Labute approximate surface area is 99.3 Å². The molecule has 0 saturated heterocycles. The van der Waals surface area contributed by atoms with Gasteiger partial charge < -0.3 is 4.57 Å². The van der Waals surface area contributed by atoms with Gasteiger partial charge in [-0.1, -0.05) is 0 Å². The lowest BCUT2D eigenvalue weighted by Crippen LogP contribution is -2.05. The summed E-state index contributed by atoms with van der Waals surface area (Å²) in [4.78, 5) is 12.4. The van der Waals surface area contributed by atoms with Gasteiger partial charge in [-0.3, -0.25) is 0 Å². The summed E-state index contributed by atoms with van der Waals surface area (Å²) in [5.41, 5.74) is 1.77. The van der Waals surface area contributed by atoms with Gasteiger partial charge in [-0.25, -0.2) is 15.0 Å². The number of nitrogens with zero attached hydrogens (tertiary/aromatic N) is 4. The van der Waals surface area contributed by atoms with E-state index in [-0.39, 0.29) is 5.28 Å². The van der Waals surface area contributed by atoms with E-state index in [0.717, 1.165) is 17.2 Å². The summed E-state index contributed by atoms with van der Waals surface area (Å²) in [5, 5.41) is 0.256. The Balaban J connectivity index is 2.56. The van der Waals surface area contributed by atoms with E-state index in [1.54, 1.807) is 6.20 Å². The molecule has 0 amide bonds. The molecule has 0 N–H and O–H groups in total. The predicted molar refractivity (Wildman–Crippen MR) is 63.4 cm³/mol. The maximum absolute atomic E-state index is 5.78. The van der Waals surface area contributed by atoms with Crippen LogP contribution in [-0.2, 0) is 0 Å². The highest BCUT2D eigenvalue weighted by Crippen LogP contribution is 2.23. The lowest BCUT2D eigenvalue weighted by molar-refractivity contribution is 0.587. The molecule has 0 unspecified atom stereocenters. The Morgan fingerprint density at radius 3 is 2.69 bits per heavy atom. The Kier molecular flexibility index (Phi) is 2.92. The molecule has 0 bridgehead atoms. The highest BCUT2D eigenvalue weighted by molar-refractivity contribution is 6.28. The number of hydrogen-bond donors (Lipinski definition) is 0. The van der Waals surface area contributed by atoms with Crippen LogP contribution >= 0.6 is 11.6 Å². The fourth-order valence-electron chi connectivity index (χ4n) is 1.77. The van der Waals surface area contributed by atoms with E-state index in [0.29, 0.717) is 6.04 Å². The molecule has 0 aliphatic heterocycles. The molecule has 0 atom stereocenters. The SMILES string of the molecule is Cc1ncc(-c2ccnc(Cl)n2)n1C(C)C. The minimum atomic E-state index is 0.256. The van der Waals surface area contributed by atoms with Gasteiger partial charge in [0.2, 0.25) is 5.28 Å². The standard InChI is InChI=1S/C11H13ClN4/c1-7(2)16-8(3)14-6-10(16)9-4-5-13-11(12)15-9/h4-7H,1-3H3.